The van der Waals surface area contributed by atoms with Gasteiger partial charge in [-0.3, -0.25) is 4.55 Å². The van der Waals surface area contributed by atoms with Crippen LogP contribution < -0.4 is 4.18 Å². The summed E-state index contributed by atoms with van der Waals surface area (Å²) in [6.07, 6.45) is 2.48. The molecule has 1 N–H and O–H groups in total. The molecule has 0 atom stereocenters. The Labute approximate surface area is 217 Å². The Balaban J connectivity index is 2.26. The van der Waals surface area contributed by atoms with Crippen molar-refractivity contribution in [1.82, 2.24) is 0 Å². The van der Waals surface area contributed by atoms with E-state index in [1.54, 1.807) is 6.07 Å². The Morgan fingerprint density at radius 2 is 1.53 bits per heavy atom. The van der Waals surface area contributed by atoms with E-state index in [-0.39, 0.29) is 21.5 Å². The molecule has 0 unspecified atom stereocenters. The number of hydrogen-bond acceptors (Lipinski definition) is 5. The van der Waals surface area contributed by atoms with Crippen molar-refractivity contribution < 1.29 is 25.6 Å². The molecule has 2 aromatic carbocycles. The van der Waals surface area contributed by atoms with E-state index in [4.69, 9.17) is 4.18 Å². The normalized spacial score (nSPS) is 14.6. The van der Waals surface area contributed by atoms with E-state index in [0.717, 1.165) is 20.0 Å². The summed E-state index contributed by atoms with van der Waals surface area (Å²) in [5.41, 5.74) is 1.45. The minimum Gasteiger partial charge on any atom is -0.378 e. The second-order valence-corrected chi connectivity index (χ2v) is 13.7. The summed E-state index contributed by atoms with van der Waals surface area (Å²) in [6.45, 7) is 3.66. The first-order valence-electron chi connectivity index (χ1n) is 9.08. The van der Waals surface area contributed by atoms with Gasteiger partial charge in [0.05, 0.1) is 4.90 Å². The van der Waals surface area contributed by atoms with Crippen LogP contribution in [0.3, 0.4) is 0 Å². The van der Waals surface area contributed by atoms with Gasteiger partial charge in [-0.25, -0.2) is 0 Å². The van der Waals surface area contributed by atoms with Crippen molar-refractivity contribution in [2.24, 2.45) is 0 Å². The van der Waals surface area contributed by atoms with Crippen LogP contribution in [-0.4, -0.2) is 21.4 Å². The molecule has 6 nitrogen and oxygen atoms in total. The minimum atomic E-state index is -4.44. The Bertz CT molecular complexity index is 1220. The van der Waals surface area contributed by atoms with Gasteiger partial charge in [0.1, 0.15) is 10.6 Å². The van der Waals surface area contributed by atoms with Crippen LogP contribution in [0.5, 0.6) is 5.75 Å². The van der Waals surface area contributed by atoms with E-state index < -0.39 is 20.2 Å². The van der Waals surface area contributed by atoms with Crippen LogP contribution in [0, 0.1) is 10.7 Å². The van der Waals surface area contributed by atoms with Crippen LogP contribution in [-0.2, 0) is 33.1 Å². The Hall–Kier alpha value is 0.290. The second-order valence-electron chi connectivity index (χ2n) is 7.32. The van der Waals surface area contributed by atoms with Crippen molar-refractivity contribution in [3.63, 3.8) is 0 Å². The zero-order valence-corrected chi connectivity index (χ0v) is 24.2. The summed E-state index contributed by atoms with van der Waals surface area (Å²) in [5, 5.41) is 0. The first-order chi connectivity index (χ1) is 13.8. The number of hydrogen-bond donors (Lipinski definition) is 1. The largest absolute Gasteiger partial charge is 0.378 e. The Morgan fingerprint density at radius 1 is 0.933 bits per heavy atom. The fourth-order valence-electron chi connectivity index (χ4n) is 3.52. The molecule has 0 amide bonds. The summed E-state index contributed by atoms with van der Waals surface area (Å²) in [4.78, 5) is -0.0680. The van der Waals surface area contributed by atoms with Crippen molar-refractivity contribution in [3.05, 3.63) is 45.6 Å². The van der Waals surface area contributed by atoms with Gasteiger partial charge >= 0.3 is 10.1 Å². The standard InChI is InChI=1S/C19H19I3O6S2/c1-10(2)14-9-16(29(23,24)25)12-5-3-4-6-13(12)19(14)28-30(26,27)17-8-11(20)7-15(21)18(17)22/h7-10H,3-6H2,1-2H3,(H,23,24,25). The van der Waals surface area contributed by atoms with Crippen LogP contribution in [0.4, 0.5) is 0 Å². The molecular formula is C19H19I3O6S2. The lowest BCUT2D eigenvalue weighted by atomic mass is 9.87. The third-order valence-electron chi connectivity index (χ3n) is 4.91. The van der Waals surface area contributed by atoms with Crippen LogP contribution in [0.2, 0.25) is 0 Å². The third kappa shape index (κ3) is 5.10. The highest BCUT2D eigenvalue weighted by atomic mass is 127. The van der Waals surface area contributed by atoms with Gasteiger partial charge in [-0.1, -0.05) is 13.8 Å². The molecule has 30 heavy (non-hydrogen) atoms. The van der Waals surface area contributed by atoms with Crippen molar-refractivity contribution in [3.8, 4) is 5.75 Å². The summed E-state index contributed by atoms with van der Waals surface area (Å²) in [5.74, 6) is -0.0187. The lowest BCUT2D eigenvalue weighted by Gasteiger charge is -2.25. The van der Waals surface area contributed by atoms with Crippen LogP contribution in [0.25, 0.3) is 0 Å². The number of rotatable bonds is 5. The maximum absolute atomic E-state index is 13.3. The van der Waals surface area contributed by atoms with Gasteiger partial charge in [0.2, 0.25) is 0 Å². The van der Waals surface area contributed by atoms with E-state index in [0.29, 0.717) is 33.1 Å². The van der Waals surface area contributed by atoms with E-state index in [1.807, 2.05) is 42.5 Å². The van der Waals surface area contributed by atoms with Crippen molar-refractivity contribution in [2.45, 2.75) is 55.2 Å². The van der Waals surface area contributed by atoms with Gasteiger partial charge in [0, 0.05) is 21.8 Å². The fourth-order valence-corrected chi connectivity index (χ4v) is 8.80. The molecule has 0 saturated carbocycles. The molecule has 0 saturated heterocycles. The number of halogens is 3. The lowest BCUT2D eigenvalue weighted by molar-refractivity contribution is 0.469. The maximum Gasteiger partial charge on any atom is 0.340 e. The van der Waals surface area contributed by atoms with Gasteiger partial charge in [0.15, 0.2) is 0 Å². The quantitative estimate of drug-likeness (QED) is 0.186. The maximum atomic E-state index is 13.3. The highest BCUT2D eigenvalue weighted by Crippen LogP contribution is 2.42. The zero-order valence-electron chi connectivity index (χ0n) is 16.1. The molecule has 1 aliphatic carbocycles. The predicted octanol–water partition coefficient (Wildman–Crippen LogP) is 5.52. The SMILES string of the molecule is CC(C)c1cc(S(=O)(=O)O)c2c(c1OS(=O)(=O)c1cc(I)cc(I)c1I)CCCC2. The van der Waals surface area contributed by atoms with E-state index in [2.05, 4.69) is 45.2 Å². The first-order valence-corrected chi connectivity index (χ1v) is 15.2. The van der Waals surface area contributed by atoms with Crippen molar-refractivity contribution in [2.75, 3.05) is 0 Å². The van der Waals surface area contributed by atoms with Gasteiger partial charge in [-0.05, 0) is 123 Å². The smallest absolute Gasteiger partial charge is 0.340 e. The molecule has 2 aromatic rings. The Kier molecular flexibility index (Phi) is 7.70. The number of benzene rings is 2. The first kappa shape index (κ1) is 24.9. The topological polar surface area (TPSA) is 97.7 Å². The van der Waals surface area contributed by atoms with Gasteiger partial charge < -0.3 is 4.18 Å². The molecule has 1 aliphatic rings. The third-order valence-corrected chi connectivity index (χ3v) is 11.1. The molecule has 164 valence electrons. The molecule has 0 aromatic heterocycles. The van der Waals surface area contributed by atoms with Crippen LogP contribution in [0.15, 0.2) is 28.0 Å². The molecule has 0 heterocycles. The molecule has 0 spiro atoms. The average molecular weight is 788 g/mol. The Morgan fingerprint density at radius 3 is 2.10 bits per heavy atom. The van der Waals surface area contributed by atoms with Crippen LogP contribution in [0.1, 0.15) is 49.3 Å². The van der Waals surface area contributed by atoms with Crippen LogP contribution >= 0.6 is 67.8 Å². The molecule has 0 fully saturated rings. The molecule has 11 heteroatoms. The van der Waals surface area contributed by atoms with Gasteiger partial charge in [-0.2, -0.15) is 16.8 Å². The van der Waals surface area contributed by atoms with E-state index in [1.165, 1.54) is 6.07 Å². The highest BCUT2D eigenvalue weighted by molar-refractivity contribution is 14.1. The highest BCUT2D eigenvalue weighted by Gasteiger charge is 2.31. The minimum absolute atomic E-state index is 0.0810. The summed E-state index contributed by atoms with van der Waals surface area (Å²) in [6, 6.07) is 4.80. The average Bonchev–Trinajstić information content (AvgIpc) is 2.63. The van der Waals surface area contributed by atoms with Crippen molar-refractivity contribution in [1.29, 1.82) is 0 Å². The predicted molar refractivity (Wildman–Crippen MR) is 139 cm³/mol. The number of fused-ring (bicyclic) bond motifs is 1. The molecule has 0 bridgehead atoms. The molecule has 0 aliphatic heterocycles. The molecular weight excluding hydrogens is 769 g/mol. The monoisotopic (exact) mass is 788 g/mol. The summed E-state index contributed by atoms with van der Waals surface area (Å²) in [7, 11) is -8.59. The molecule has 0 radical (unpaired) electrons. The fraction of sp³-hybridized carbons (Fsp3) is 0.368. The summed E-state index contributed by atoms with van der Waals surface area (Å²) < 4.78 is 68.2. The van der Waals surface area contributed by atoms with Gasteiger partial charge in [0.25, 0.3) is 10.1 Å². The van der Waals surface area contributed by atoms with Crippen molar-refractivity contribution >= 4 is 88.0 Å². The summed E-state index contributed by atoms with van der Waals surface area (Å²) >= 11 is 6.13. The lowest BCUT2D eigenvalue weighted by Crippen LogP contribution is -2.19. The van der Waals surface area contributed by atoms with E-state index >= 15 is 0 Å². The zero-order chi connectivity index (χ0) is 22.4. The second kappa shape index (κ2) is 9.27. The van der Waals surface area contributed by atoms with E-state index in [9.17, 15) is 21.4 Å². The van der Waals surface area contributed by atoms with Gasteiger partial charge in [-0.15, -0.1) is 0 Å². The molecule has 3 rings (SSSR count).